The summed E-state index contributed by atoms with van der Waals surface area (Å²) in [4.78, 5) is 11.9. The maximum absolute atomic E-state index is 11.9. The van der Waals surface area contributed by atoms with Crippen molar-refractivity contribution in [3.63, 3.8) is 0 Å². The standard InChI is InChI=1S/C15H17NO2/c16-10-9-12-3-5-13(6-4-12)15(17)8-7-14-2-1-11-18-14/h1-6,11H,7-10,16H2. The smallest absolute Gasteiger partial charge is 0.163 e. The summed E-state index contributed by atoms with van der Waals surface area (Å²) in [5.74, 6) is 0.994. The minimum Gasteiger partial charge on any atom is -0.469 e. The Bertz CT molecular complexity index is 486. The Hall–Kier alpha value is -1.87. The number of benzene rings is 1. The average molecular weight is 243 g/mol. The fourth-order valence-electron chi connectivity index (χ4n) is 1.86. The molecule has 0 unspecified atom stereocenters. The number of hydrogen-bond donors (Lipinski definition) is 1. The van der Waals surface area contributed by atoms with Gasteiger partial charge in [0.05, 0.1) is 6.26 Å². The third-order valence-corrected chi connectivity index (χ3v) is 2.89. The normalized spacial score (nSPS) is 10.5. The molecule has 3 heteroatoms. The third-order valence-electron chi connectivity index (χ3n) is 2.89. The van der Waals surface area contributed by atoms with E-state index in [0.717, 1.165) is 17.7 Å². The molecule has 1 heterocycles. The fourth-order valence-corrected chi connectivity index (χ4v) is 1.86. The van der Waals surface area contributed by atoms with Gasteiger partial charge >= 0.3 is 0 Å². The number of carbonyl (C=O) groups excluding carboxylic acids is 1. The topological polar surface area (TPSA) is 56.2 Å². The molecular formula is C15H17NO2. The molecule has 0 bridgehead atoms. The van der Waals surface area contributed by atoms with Crippen LogP contribution in [0.25, 0.3) is 0 Å². The van der Waals surface area contributed by atoms with E-state index in [4.69, 9.17) is 10.2 Å². The first-order valence-electron chi connectivity index (χ1n) is 6.14. The van der Waals surface area contributed by atoms with Gasteiger partial charge in [0.1, 0.15) is 5.76 Å². The van der Waals surface area contributed by atoms with Crippen molar-refractivity contribution in [1.82, 2.24) is 0 Å². The molecule has 0 saturated carbocycles. The summed E-state index contributed by atoms with van der Waals surface area (Å²) in [5.41, 5.74) is 7.40. The fraction of sp³-hybridized carbons (Fsp3) is 0.267. The van der Waals surface area contributed by atoms with E-state index in [-0.39, 0.29) is 5.78 Å². The number of Topliss-reactive ketones (excluding diaryl/α,β-unsaturated/α-hetero) is 1. The van der Waals surface area contributed by atoms with Crippen molar-refractivity contribution in [1.29, 1.82) is 0 Å². The summed E-state index contributed by atoms with van der Waals surface area (Å²) >= 11 is 0. The van der Waals surface area contributed by atoms with Crippen LogP contribution < -0.4 is 5.73 Å². The molecule has 1 aromatic heterocycles. The van der Waals surface area contributed by atoms with E-state index >= 15 is 0 Å². The lowest BCUT2D eigenvalue weighted by molar-refractivity contribution is 0.0981. The summed E-state index contributed by atoms with van der Waals surface area (Å²) in [6.07, 6.45) is 3.60. The Morgan fingerprint density at radius 3 is 2.50 bits per heavy atom. The van der Waals surface area contributed by atoms with Gasteiger partial charge in [-0.1, -0.05) is 24.3 Å². The van der Waals surface area contributed by atoms with E-state index in [2.05, 4.69) is 0 Å². The summed E-state index contributed by atoms with van der Waals surface area (Å²) in [5, 5.41) is 0. The van der Waals surface area contributed by atoms with Crippen molar-refractivity contribution < 1.29 is 9.21 Å². The van der Waals surface area contributed by atoms with Crippen LogP contribution in [0.4, 0.5) is 0 Å². The van der Waals surface area contributed by atoms with Crippen LogP contribution >= 0.6 is 0 Å². The van der Waals surface area contributed by atoms with Gasteiger partial charge in [-0.3, -0.25) is 4.79 Å². The van der Waals surface area contributed by atoms with Gasteiger partial charge in [0, 0.05) is 18.4 Å². The molecule has 0 fully saturated rings. The van der Waals surface area contributed by atoms with Gasteiger partial charge in [0.25, 0.3) is 0 Å². The minimum atomic E-state index is 0.144. The minimum absolute atomic E-state index is 0.144. The number of furan rings is 1. The second-order valence-electron chi connectivity index (χ2n) is 4.24. The molecule has 18 heavy (non-hydrogen) atoms. The van der Waals surface area contributed by atoms with Crippen LogP contribution in [0, 0.1) is 0 Å². The molecular weight excluding hydrogens is 226 g/mol. The molecule has 0 atom stereocenters. The highest BCUT2D eigenvalue weighted by Crippen LogP contribution is 2.10. The molecule has 2 N–H and O–H groups in total. The van der Waals surface area contributed by atoms with Crippen molar-refractivity contribution in [2.24, 2.45) is 5.73 Å². The zero-order valence-electron chi connectivity index (χ0n) is 10.3. The molecule has 1 aromatic carbocycles. The molecule has 0 aliphatic rings. The zero-order chi connectivity index (χ0) is 12.8. The summed E-state index contributed by atoms with van der Waals surface area (Å²) in [6, 6.07) is 11.4. The second kappa shape index (κ2) is 6.17. The number of aryl methyl sites for hydroxylation is 1. The molecule has 2 aromatic rings. The number of rotatable bonds is 6. The van der Waals surface area contributed by atoms with Crippen LogP contribution in [0.15, 0.2) is 47.1 Å². The van der Waals surface area contributed by atoms with Crippen LogP contribution in [-0.2, 0) is 12.8 Å². The van der Waals surface area contributed by atoms with E-state index in [1.807, 2.05) is 36.4 Å². The van der Waals surface area contributed by atoms with Gasteiger partial charge < -0.3 is 10.2 Å². The van der Waals surface area contributed by atoms with Crippen molar-refractivity contribution in [3.05, 3.63) is 59.5 Å². The van der Waals surface area contributed by atoms with Crippen LogP contribution in [-0.4, -0.2) is 12.3 Å². The van der Waals surface area contributed by atoms with Crippen LogP contribution in [0.3, 0.4) is 0 Å². The first-order valence-corrected chi connectivity index (χ1v) is 6.14. The lowest BCUT2D eigenvalue weighted by Crippen LogP contribution is -2.04. The molecule has 0 aliphatic carbocycles. The van der Waals surface area contributed by atoms with E-state index in [9.17, 15) is 4.79 Å². The largest absolute Gasteiger partial charge is 0.469 e. The highest BCUT2D eigenvalue weighted by Gasteiger charge is 2.07. The molecule has 0 radical (unpaired) electrons. The Kier molecular flexibility index (Phi) is 4.31. The van der Waals surface area contributed by atoms with E-state index in [1.54, 1.807) is 6.26 Å². The van der Waals surface area contributed by atoms with Crippen LogP contribution in [0.5, 0.6) is 0 Å². The van der Waals surface area contributed by atoms with Crippen molar-refractivity contribution in [2.45, 2.75) is 19.3 Å². The van der Waals surface area contributed by atoms with E-state index in [0.29, 0.717) is 19.4 Å². The Balaban J connectivity index is 1.92. The van der Waals surface area contributed by atoms with Crippen molar-refractivity contribution in [2.75, 3.05) is 6.54 Å². The third kappa shape index (κ3) is 3.31. The average Bonchev–Trinajstić information content (AvgIpc) is 2.90. The first-order chi connectivity index (χ1) is 8.79. The maximum atomic E-state index is 11.9. The summed E-state index contributed by atoms with van der Waals surface area (Å²) in [6.45, 7) is 0.631. The predicted octanol–water partition coefficient (Wildman–Crippen LogP) is 2.60. The first kappa shape index (κ1) is 12.6. The molecule has 3 nitrogen and oxygen atoms in total. The molecule has 2 rings (SSSR count). The Morgan fingerprint density at radius 1 is 1.11 bits per heavy atom. The SMILES string of the molecule is NCCc1ccc(C(=O)CCc2ccco2)cc1. The molecule has 0 saturated heterocycles. The molecule has 0 amide bonds. The number of ketones is 1. The molecule has 0 aliphatic heterocycles. The van der Waals surface area contributed by atoms with Crippen molar-refractivity contribution >= 4 is 5.78 Å². The summed E-state index contributed by atoms with van der Waals surface area (Å²) < 4.78 is 5.20. The predicted molar refractivity (Wildman–Crippen MR) is 70.6 cm³/mol. The van der Waals surface area contributed by atoms with Gasteiger partial charge in [-0.15, -0.1) is 0 Å². The quantitative estimate of drug-likeness (QED) is 0.793. The van der Waals surface area contributed by atoms with Crippen molar-refractivity contribution in [3.8, 4) is 0 Å². The summed E-state index contributed by atoms with van der Waals surface area (Å²) in [7, 11) is 0. The van der Waals surface area contributed by atoms with Crippen LogP contribution in [0.1, 0.15) is 28.1 Å². The molecule has 94 valence electrons. The van der Waals surface area contributed by atoms with Gasteiger partial charge in [0.15, 0.2) is 5.78 Å². The highest BCUT2D eigenvalue weighted by molar-refractivity contribution is 5.96. The Morgan fingerprint density at radius 2 is 1.89 bits per heavy atom. The zero-order valence-corrected chi connectivity index (χ0v) is 10.3. The van der Waals surface area contributed by atoms with Gasteiger partial charge in [0.2, 0.25) is 0 Å². The molecule has 0 spiro atoms. The van der Waals surface area contributed by atoms with E-state index < -0.39 is 0 Å². The number of hydrogen-bond acceptors (Lipinski definition) is 3. The van der Waals surface area contributed by atoms with Gasteiger partial charge in [-0.2, -0.15) is 0 Å². The number of nitrogens with two attached hydrogens (primary N) is 1. The van der Waals surface area contributed by atoms with E-state index in [1.165, 1.54) is 5.56 Å². The number of carbonyl (C=O) groups is 1. The van der Waals surface area contributed by atoms with Gasteiger partial charge in [-0.25, -0.2) is 0 Å². The maximum Gasteiger partial charge on any atom is 0.163 e. The van der Waals surface area contributed by atoms with Gasteiger partial charge in [-0.05, 0) is 30.7 Å². The second-order valence-corrected chi connectivity index (χ2v) is 4.24. The highest BCUT2D eigenvalue weighted by atomic mass is 16.3. The Labute approximate surface area is 107 Å². The lowest BCUT2D eigenvalue weighted by atomic mass is 10.0. The lowest BCUT2D eigenvalue weighted by Gasteiger charge is -2.02. The van der Waals surface area contributed by atoms with Crippen LogP contribution in [0.2, 0.25) is 0 Å². The monoisotopic (exact) mass is 243 g/mol.